The number of aromatic carboxylic acids is 1. The van der Waals surface area contributed by atoms with E-state index < -0.39 is 5.97 Å². The third-order valence-electron chi connectivity index (χ3n) is 4.74. The summed E-state index contributed by atoms with van der Waals surface area (Å²) in [5, 5.41) is 12.9. The fourth-order valence-electron chi connectivity index (χ4n) is 3.30. The van der Waals surface area contributed by atoms with Gasteiger partial charge in [0.25, 0.3) is 0 Å². The van der Waals surface area contributed by atoms with Crippen molar-refractivity contribution in [3.05, 3.63) is 64.3 Å². The normalized spacial score (nSPS) is 12.5. The molecule has 0 spiro atoms. The molecule has 0 unspecified atom stereocenters. The quantitative estimate of drug-likeness (QED) is 0.649. The fraction of sp³-hybridized carbons (Fsp3) is 0.190. The van der Waals surface area contributed by atoms with Crippen LogP contribution in [0.1, 0.15) is 28.0 Å². The smallest absolute Gasteiger partial charge is 0.335 e. The Balaban J connectivity index is 1.71. The number of nitrogens with zero attached hydrogens (tertiary/aromatic N) is 2. The van der Waals surface area contributed by atoms with Gasteiger partial charge < -0.3 is 15.2 Å². The van der Waals surface area contributed by atoms with Gasteiger partial charge in [-0.05, 0) is 61.7 Å². The highest BCUT2D eigenvalue weighted by molar-refractivity contribution is 6.32. The van der Waals surface area contributed by atoms with E-state index in [2.05, 4.69) is 5.32 Å². The first kappa shape index (κ1) is 18.3. The number of rotatable bonds is 5. The average molecular weight is 396 g/mol. The highest BCUT2D eigenvalue weighted by Crippen LogP contribution is 2.33. The van der Waals surface area contributed by atoms with Crippen molar-refractivity contribution in [3.63, 3.8) is 0 Å². The summed E-state index contributed by atoms with van der Waals surface area (Å²) in [5.41, 5.74) is 3.96. The topological polar surface area (TPSA) is 84.3 Å². The second kappa shape index (κ2) is 7.48. The summed E-state index contributed by atoms with van der Waals surface area (Å²) in [6.45, 7) is 0. The van der Waals surface area contributed by atoms with Gasteiger partial charge >= 0.3 is 5.97 Å². The van der Waals surface area contributed by atoms with Crippen molar-refractivity contribution in [1.82, 2.24) is 9.97 Å². The molecule has 28 heavy (non-hydrogen) atoms. The van der Waals surface area contributed by atoms with Crippen LogP contribution >= 0.6 is 11.6 Å². The molecule has 0 radical (unpaired) electrons. The molecule has 1 aliphatic carbocycles. The maximum Gasteiger partial charge on any atom is 0.335 e. The molecule has 4 rings (SSSR count). The minimum atomic E-state index is -0.951. The van der Waals surface area contributed by atoms with E-state index in [-0.39, 0.29) is 5.56 Å². The lowest BCUT2D eigenvalue weighted by Gasteiger charge is -2.13. The Bertz CT molecular complexity index is 1050. The van der Waals surface area contributed by atoms with Crippen LogP contribution in [-0.4, -0.2) is 28.2 Å². The van der Waals surface area contributed by atoms with E-state index in [1.807, 2.05) is 6.07 Å². The standard InChI is InChI=1S/C21H18ClN3O3/c1-28-18-10-7-13(11-16(18)22)19-24-17-4-2-3-15(17)20(25-19)23-14-8-5-12(6-9-14)21(26)27/h5-11H,2-4H2,1H3,(H,26,27)(H,23,24,25). The summed E-state index contributed by atoms with van der Waals surface area (Å²) in [6.07, 6.45) is 2.85. The maximum atomic E-state index is 11.0. The van der Waals surface area contributed by atoms with Gasteiger partial charge in [0, 0.05) is 22.5 Å². The molecular weight excluding hydrogens is 378 g/mol. The number of methoxy groups -OCH3 is 1. The predicted molar refractivity (Wildman–Crippen MR) is 108 cm³/mol. The number of aryl methyl sites for hydroxylation is 1. The Labute approximate surface area is 167 Å². The van der Waals surface area contributed by atoms with E-state index in [9.17, 15) is 4.79 Å². The Hall–Kier alpha value is -3.12. The highest BCUT2D eigenvalue weighted by atomic mass is 35.5. The van der Waals surface area contributed by atoms with Gasteiger partial charge in [0.2, 0.25) is 0 Å². The third kappa shape index (κ3) is 3.51. The molecule has 142 valence electrons. The van der Waals surface area contributed by atoms with E-state index in [0.29, 0.717) is 16.6 Å². The van der Waals surface area contributed by atoms with Crippen LogP contribution in [0.2, 0.25) is 5.02 Å². The minimum absolute atomic E-state index is 0.243. The summed E-state index contributed by atoms with van der Waals surface area (Å²) < 4.78 is 5.21. The van der Waals surface area contributed by atoms with Crippen molar-refractivity contribution in [2.24, 2.45) is 0 Å². The van der Waals surface area contributed by atoms with Gasteiger partial charge in [-0.25, -0.2) is 14.8 Å². The molecular formula is C21H18ClN3O3. The van der Waals surface area contributed by atoms with Gasteiger partial charge in [0.1, 0.15) is 11.6 Å². The molecule has 1 heterocycles. The van der Waals surface area contributed by atoms with Crippen LogP contribution in [-0.2, 0) is 12.8 Å². The number of carboxylic acids is 1. The number of carbonyl (C=O) groups is 1. The van der Waals surface area contributed by atoms with Crippen molar-refractivity contribution < 1.29 is 14.6 Å². The van der Waals surface area contributed by atoms with Gasteiger partial charge in [0.05, 0.1) is 17.7 Å². The summed E-state index contributed by atoms with van der Waals surface area (Å²) in [6, 6.07) is 12.1. The SMILES string of the molecule is COc1ccc(-c2nc3c(c(Nc4ccc(C(=O)O)cc4)n2)CCC3)cc1Cl. The molecule has 1 aromatic heterocycles. The van der Waals surface area contributed by atoms with Crippen LogP contribution in [0.15, 0.2) is 42.5 Å². The second-order valence-electron chi connectivity index (χ2n) is 6.53. The number of benzene rings is 2. The molecule has 0 amide bonds. The maximum absolute atomic E-state index is 11.0. The third-order valence-corrected chi connectivity index (χ3v) is 5.03. The van der Waals surface area contributed by atoms with Crippen LogP contribution < -0.4 is 10.1 Å². The Morgan fingerprint density at radius 2 is 1.93 bits per heavy atom. The van der Waals surface area contributed by atoms with Crippen molar-refractivity contribution in [3.8, 4) is 17.1 Å². The van der Waals surface area contributed by atoms with Crippen LogP contribution in [0.5, 0.6) is 5.75 Å². The first-order chi connectivity index (χ1) is 13.5. The molecule has 0 aliphatic heterocycles. The largest absolute Gasteiger partial charge is 0.495 e. The van der Waals surface area contributed by atoms with E-state index in [0.717, 1.165) is 47.6 Å². The number of nitrogens with one attached hydrogen (secondary N) is 1. The summed E-state index contributed by atoms with van der Waals surface area (Å²) in [4.78, 5) is 20.5. The zero-order chi connectivity index (χ0) is 19.7. The average Bonchev–Trinajstić information content (AvgIpc) is 3.17. The molecule has 2 aromatic carbocycles. The molecule has 1 aliphatic rings. The lowest BCUT2D eigenvalue weighted by molar-refractivity contribution is 0.0697. The molecule has 0 atom stereocenters. The number of carboxylic acid groups (broad SMARTS) is 1. The lowest BCUT2D eigenvalue weighted by atomic mass is 10.1. The molecule has 0 bridgehead atoms. The van der Waals surface area contributed by atoms with E-state index >= 15 is 0 Å². The van der Waals surface area contributed by atoms with Gasteiger partial charge in [-0.2, -0.15) is 0 Å². The molecule has 0 saturated carbocycles. The second-order valence-corrected chi connectivity index (χ2v) is 6.94. The number of ether oxygens (including phenoxy) is 1. The summed E-state index contributed by atoms with van der Waals surface area (Å²) in [7, 11) is 1.57. The molecule has 3 aromatic rings. The van der Waals surface area contributed by atoms with E-state index in [1.54, 1.807) is 43.5 Å². The van der Waals surface area contributed by atoms with Gasteiger partial charge in [-0.1, -0.05) is 11.6 Å². The van der Waals surface area contributed by atoms with Crippen LogP contribution in [0.4, 0.5) is 11.5 Å². The van der Waals surface area contributed by atoms with Crippen molar-refractivity contribution in [2.45, 2.75) is 19.3 Å². The van der Waals surface area contributed by atoms with Crippen molar-refractivity contribution in [2.75, 3.05) is 12.4 Å². The number of fused-ring (bicyclic) bond motifs is 1. The number of hydrogen-bond donors (Lipinski definition) is 2. The lowest BCUT2D eigenvalue weighted by Crippen LogP contribution is -2.04. The van der Waals surface area contributed by atoms with Crippen molar-refractivity contribution in [1.29, 1.82) is 0 Å². The van der Waals surface area contributed by atoms with Gasteiger partial charge in [-0.3, -0.25) is 0 Å². The highest BCUT2D eigenvalue weighted by Gasteiger charge is 2.20. The number of aromatic nitrogens is 2. The number of hydrogen-bond acceptors (Lipinski definition) is 5. The van der Waals surface area contributed by atoms with E-state index in [4.69, 9.17) is 31.4 Å². The Kier molecular flexibility index (Phi) is 4.88. The van der Waals surface area contributed by atoms with Crippen LogP contribution in [0.25, 0.3) is 11.4 Å². The van der Waals surface area contributed by atoms with Crippen LogP contribution in [0.3, 0.4) is 0 Å². The molecule has 6 nitrogen and oxygen atoms in total. The first-order valence-corrected chi connectivity index (χ1v) is 9.27. The first-order valence-electron chi connectivity index (χ1n) is 8.89. The van der Waals surface area contributed by atoms with Crippen molar-refractivity contribution >= 4 is 29.1 Å². The van der Waals surface area contributed by atoms with Gasteiger partial charge in [-0.15, -0.1) is 0 Å². The fourth-order valence-corrected chi connectivity index (χ4v) is 3.56. The van der Waals surface area contributed by atoms with Gasteiger partial charge in [0.15, 0.2) is 5.82 Å². The number of halogens is 1. The predicted octanol–water partition coefficient (Wildman–Crippen LogP) is 4.74. The molecule has 2 N–H and O–H groups in total. The van der Waals surface area contributed by atoms with Crippen LogP contribution in [0, 0.1) is 0 Å². The molecule has 7 heteroatoms. The minimum Gasteiger partial charge on any atom is -0.495 e. The Morgan fingerprint density at radius 1 is 1.14 bits per heavy atom. The number of anilines is 2. The van der Waals surface area contributed by atoms with E-state index in [1.165, 1.54) is 0 Å². The monoisotopic (exact) mass is 395 g/mol. The molecule has 0 fully saturated rings. The zero-order valence-electron chi connectivity index (χ0n) is 15.2. The summed E-state index contributed by atoms with van der Waals surface area (Å²) in [5.74, 6) is 0.985. The summed E-state index contributed by atoms with van der Waals surface area (Å²) >= 11 is 6.26. The zero-order valence-corrected chi connectivity index (χ0v) is 16.0. The molecule has 0 saturated heterocycles. The Morgan fingerprint density at radius 3 is 2.61 bits per heavy atom.